The number of allylic oxidation sites excluding steroid dienone is 4. The summed E-state index contributed by atoms with van der Waals surface area (Å²) < 4.78 is 0. The quantitative estimate of drug-likeness (QED) is 0.472. The minimum Gasteiger partial charge on any atom is -0.103 e. The molecule has 2 unspecified atom stereocenters. The molecule has 0 aromatic heterocycles. The molecule has 0 saturated heterocycles. The Morgan fingerprint density at radius 1 is 1.12 bits per heavy atom. The third kappa shape index (κ3) is 5.95. The summed E-state index contributed by atoms with van der Waals surface area (Å²) in [5.41, 5.74) is 3.19. The second-order valence-electron chi connectivity index (χ2n) is 4.91. The van der Waals surface area contributed by atoms with Crippen LogP contribution < -0.4 is 0 Å². The summed E-state index contributed by atoms with van der Waals surface area (Å²) in [4.78, 5) is 0. The van der Waals surface area contributed by atoms with Gasteiger partial charge in [-0.1, -0.05) is 44.1 Å². The van der Waals surface area contributed by atoms with E-state index in [2.05, 4.69) is 53.0 Å². The van der Waals surface area contributed by atoms with Gasteiger partial charge >= 0.3 is 0 Å². The average molecular weight is 220 g/mol. The van der Waals surface area contributed by atoms with Crippen molar-refractivity contribution < 1.29 is 0 Å². The molecule has 0 rings (SSSR count). The first-order valence-corrected chi connectivity index (χ1v) is 6.47. The number of rotatable bonds is 8. The van der Waals surface area contributed by atoms with Gasteiger partial charge in [0.15, 0.2) is 0 Å². The summed E-state index contributed by atoms with van der Waals surface area (Å²) in [6.45, 7) is 16.7. The van der Waals surface area contributed by atoms with Gasteiger partial charge in [0.05, 0.1) is 0 Å². The van der Waals surface area contributed by atoms with Gasteiger partial charge in [0.1, 0.15) is 0 Å². The van der Waals surface area contributed by atoms with Crippen molar-refractivity contribution in [3.63, 3.8) is 0 Å². The molecule has 0 heterocycles. The van der Waals surface area contributed by atoms with Crippen LogP contribution in [0.15, 0.2) is 36.5 Å². The van der Waals surface area contributed by atoms with Gasteiger partial charge in [-0.15, -0.1) is 13.2 Å². The van der Waals surface area contributed by atoms with Gasteiger partial charge in [-0.2, -0.15) is 0 Å². The van der Waals surface area contributed by atoms with Crippen molar-refractivity contribution in [1.29, 1.82) is 0 Å². The predicted octanol–water partition coefficient (Wildman–Crippen LogP) is 5.53. The highest BCUT2D eigenvalue weighted by Gasteiger charge is 2.07. The first kappa shape index (κ1) is 15.2. The van der Waals surface area contributed by atoms with E-state index in [1.165, 1.54) is 25.7 Å². The fourth-order valence-corrected chi connectivity index (χ4v) is 1.73. The Balaban J connectivity index is 4.45. The lowest BCUT2D eigenvalue weighted by atomic mass is 9.90. The fourth-order valence-electron chi connectivity index (χ4n) is 1.73. The summed E-state index contributed by atoms with van der Waals surface area (Å²) in [6.07, 6.45) is 8.88. The van der Waals surface area contributed by atoms with Gasteiger partial charge in [0.25, 0.3) is 0 Å². The van der Waals surface area contributed by atoms with Crippen LogP contribution in [0.4, 0.5) is 0 Å². The fraction of sp³-hybridized carbons (Fsp3) is 0.625. The van der Waals surface area contributed by atoms with Gasteiger partial charge in [-0.25, -0.2) is 0 Å². The third-order valence-electron chi connectivity index (χ3n) is 3.41. The zero-order chi connectivity index (χ0) is 12.6. The van der Waals surface area contributed by atoms with E-state index in [0.717, 1.165) is 0 Å². The van der Waals surface area contributed by atoms with Gasteiger partial charge in [-0.3, -0.25) is 0 Å². The maximum absolute atomic E-state index is 3.87. The van der Waals surface area contributed by atoms with Crippen LogP contribution in [0, 0.1) is 11.8 Å². The van der Waals surface area contributed by atoms with E-state index in [-0.39, 0.29) is 0 Å². The summed E-state index contributed by atoms with van der Waals surface area (Å²) >= 11 is 0. The molecule has 0 spiro atoms. The van der Waals surface area contributed by atoms with Gasteiger partial charge in [-0.05, 0) is 44.4 Å². The van der Waals surface area contributed by atoms with E-state index in [0.29, 0.717) is 11.8 Å². The van der Waals surface area contributed by atoms with Gasteiger partial charge in [0, 0.05) is 0 Å². The highest BCUT2D eigenvalue weighted by Crippen LogP contribution is 2.24. The Morgan fingerprint density at radius 3 is 2.12 bits per heavy atom. The molecule has 0 N–H and O–H groups in total. The first-order valence-electron chi connectivity index (χ1n) is 6.47. The summed E-state index contributed by atoms with van der Waals surface area (Å²) in [6, 6.07) is 0. The molecule has 0 aromatic rings. The molecule has 0 heteroatoms. The molecule has 0 fully saturated rings. The molecule has 0 aliphatic rings. The molecule has 0 aliphatic heterocycles. The molecule has 16 heavy (non-hydrogen) atoms. The molecule has 2 atom stereocenters. The summed E-state index contributed by atoms with van der Waals surface area (Å²) in [5.74, 6) is 1.22. The first-order chi connectivity index (χ1) is 7.54. The zero-order valence-electron chi connectivity index (χ0n) is 11.6. The van der Waals surface area contributed by atoms with Crippen molar-refractivity contribution in [2.75, 3.05) is 0 Å². The average Bonchev–Trinajstić information content (AvgIpc) is 2.32. The van der Waals surface area contributed by atoms with E-state index in [9.17, 15) is 0 Å². The Hall–Kier alpha value is -0.780. The molecular weight excluding hydrogens is 192 g/mol. The van der Waals surface area contributed by atoms with Gasteiger partial charge in [0.2, 0.25) is 0 Å². The molecule has 92 valence electrons. The topological polar surface area (TPSA) is 0 Å². The van der Waals surface area contributed by atoms with Crippen LogP contribution in [-0.4, -0.2) is 0 Å². The Kier molecular flexibility index (Phi) is 7.97. The van der Waals surface area contributed by atoms with Crippen molar-refractivity contribution in [2.24, 2.45) is 11.8 Å². The van der Waals surface area contributed by atoms with E-state index >= 15 is 0 Å². The molecule has 0 bridgehead atoms. The maximum atomic E-state index is 3.87. The Morgan fingerprint density at radius 2 is 1.69 bits per heavy atom. The van der Waals surface area contributed by atoms with Crippen molar-refractivity contribution in [1.82, 2.24) is 0 Å². The molecule has 0 aromatic carbocycles. The van der Waals surface area contributed by atoms with Crippen LogP contribution in [0.5, 0.6) is 0 Å². The van der Waals surface area contributed by atoms with Crippen LogP contribution in [-0.2, 0) is 0 Å². The zero-order valence-corrected chi connectivity index (χ0v) is 11.6. The lowest BCUT2D eigenvalue weighted by Gasteiger charge is -2.15. The van der Waals surface area contributed by atoms with E-state index < -0.39 is 0 Å². The normalized spacial score (nSPS) is 16.2. The Bertz CT molecular complexity index is 245. The van der Waals surface area contributed by atoms with Crippen LogP contribution in [0.3, 0.4) is 0 Å². The standard InChI is InChI=1S/C16H28/c1-7-13(4)10-11-16(15(6)9-3)12-14(5)8-2/h7-8,13-14H,1-2,9-12H2,3-6H3. The molecule has 0 amide bonds. The number of hydrogen-bond donors (Lipinski definition) is 0. The van der Waals surface area contributed by atoms with Crippen LogP contribution in [0.25, 0.3) is 0 Å². The second-order valence-corrected chi connectivity index (χ2v) is 4.91. The molecule has 0 radical (unpaired) electrons. The Labute approximate surface area is 102 Å². The van der Waals surface area contributed by atoms with Crippen LogP contribution in [0.1, 0.15) is 53.4 Å². The van der Waals surface area contributed by atoms with Crippen molar-refractivity contribution in [3.05, 3.63) is 36.5 Å². The molecular formula is C16H28. The summed E-state index contributed by atoms with van der Waals surface area (Å²) in [7, 11) is 0. The second kappa shape index (κ2) is 8.38. The largest absolute Gasteiger partial charge is 0.103 e. The van der Waals surface area contributed by atoms with Crippen molar-refractivity contribution >= 4 is 0 Å². The van der Waals surface area contributed by atoms with Gasteiger partial charge < -0.3 is 0 Å². The highest BCUT2D eigenvalue weighted by molar-refractivity contribution is 5.13. The van der Waals surface area contributed by atoms with E-state index in [1.54, 1.807) is 11.1 Å². The third-order valence-corrected chi connectivity index (χ3v) is 3.41. The lowest BCUT2D eigenvalue weighted by molar-refractivity contribution is 0.603. The maximum Gasteiger partial charge on any atom is -0.0227 e. The van der Waals surface area contributed by atoms with E-state index in [1.807, 2.05) is 0 Å². The van der Waals surface area contributed by atoms with Crippen molar-refractivity contribution in [3.8, 4) is 0 Å². The van der Waals surface area contributed by atoms with Crippen LogP contribution in [0.2, 0.25) is 0 Å². The van der Waals surface area contributed by atoms with Crippen molar-refractivity contribution in [2.45, 2.75) is 53.4 Å². The highest BCUT2D eigenvalue weighted by atomic mass is 14.1. The molecule has 0 saturated carbocycles. The number of hydrogen-bond acceptors (Lipinski definition) is 0. The minimum atomic E-state index is 0.593. The minimum absolute atomic E-state index is 0.593. The van der Waals surface area contributed by atoms with Crippen LogP contribution >= 0.6 is 0 Å². The molecule has 0 nitrogen and oxygen atoms in total. The monoisotopic (exact) mass is 220 g/mol. The smallest absolute Gasteiger partial charge is 0.0227 e. The lowest BCUT2D eigenvalue weighted by Crippen LogP contribution is -1.99. The SMILES string of the molecule is C=CC(C)CCC(CC(C)C=C)=C(C)CC. The predicted molar refractivity (Wildman–Crippen MR) is 75.6 cm³/mol. The van der Waals surface area contributed by atoms with E-state index in [4.69, 9.17) is 0 Å². The molecule has 0 aliphatic carbocycles. The summed E-state index contributed by atoms with van der Waals surface area (Å²) in [5, 5.41) is 0.